The minimum Gasteiger partial charge on any atom is -0.343 e. The molecule has 0 N–H and O–H groups in total. The first kappa shape index (κ1) is 10.7. The molecule has 1 heterocycles. The van der Waals surface area contributed by atoms with E-state index < -0.39 is 0 Å². The Morgan fingerprint density at radius 1 is 0.938 bits per heavy atom. The number of nitrogens with zero attached hydrogens (tertiary/aromatic N) is 2. The van der Waals surface area contributed by atoms with Gasteiger partial charge in [-0.25, -0.2) is 0 Å². The molecule has 2 aromatic rings. The predicted octanol–water partition coefficient (Wildman–Crippen LogP) is 3.47. The summed E-state index contributed by atoms with van der Waals surface area (Å²) in [4.78, 5) is 6.36. The van der Waals surface area contributed by atoms with Gasteiger partial charge in [-0.3, -0.25) is 4.98 Å². The summed E-state index contributed by atoms with van der Waals surface area (Å²) < 4.78 is 0. The zero-order chi connectivity index (χ0) is 11.5. The van der Waals surface area contributed by atoms with Gasteiger partial charge in [-0.15, -0.1) is 0 Å². The number of para-hydroxylation sites is 1. The maximum atomic E-state index is 4.18. The molecule has 0 amide bonds. The second-order valence-electron chi connectivity index (χ2n) is 4.01. The topological polar surface area (TPSA) is 16.1 Å². The molecule has 0 atom stereocenters. The van der Waals surface area contributed by atoms with Crippen molar-refractivity contribution in [2.24, 2.45) is 0 Å². The molecule has 0 aliphatic heterocycles. The number of aromatic nitrogens is 1. The maximum Gasteiger partial charge on any atom is 0.0624 e. The Morgan fingerprint density at radius 3 is 2.31 bits per heavy atom. The van der Waals surface area contributed by atoms with Crippen molar-refractivity contribution in [3.05, 3.63) is 53.9 Å². The second-order valence-corrected chi connectivity index (χ2v) is 4.01. The minimum atomic E-state index is 1.15. The van der Waals surface area contributed by atoms with Crippen LogP contribution in [0.2, 0.25) is 0 Å². The summed E-state index contributed by atoms with van der Waals surface area (Å²) in [6.45, 7) is 4.23. The highest BCUT2D eigenvalue weighted by molar-refractivity contribution is 5.67. The average molecular weight is 212 g/mol. The van der Waals surface area contributed by atoms with Gasteiger partial charge in [-0.05, 0) is 37.1 Å². The molecular formula is C14H16N2. The monoisotopic (exact) mass is 212 g/mol. The van der Waals surface area contributed by atoms with Crippen LogP contribution in [0, 0.1) is 13.8 Å². The fourth-order valence-corrected chi connectivity index (χ4v) is 1.88. The maximum absolute atomic E-state index is 4.18. The van der Waals surface area contributed by atoms with Crippen LogP contribution >= 0.6 is 0 Å². The quantitative estimate of drug-likeness (QED) is 0.757. The van der Waals surface area contributed by atoms with Crippen LogP contribution in [0.5, 0.6) is 0 Å². The molecule has 0 aliphatic rings. The van der Waals surface area contributed by atoms with Crippen LogP contribution in [0.3, 0.4) is 0 Å². The van der Waals surface area contributed by atoms with Crippen molar-refractivity contribution in [1.29, 1.82) is 0 Å². The van der Waals surface area contributed by atoms with Crippen molar-refractivity contribution in [2.45, 2.75) is 13.8 Å². The van der Waals surface area contributed by atoms with Crippen LogP contribution in [-0.2, 0) is 0 Å². The third kappa shape index (κ3) is 1.91. The molecule has 0 spiro atoms. The zero-order valence-electron chi connectivity index (χ0n) is 9.94. The molecule has 2 nitrogen and oxygen atoms in total. The highest BCUT2D eigenvalue weighted by atomic mass is 15.1. The first-order valence-corrected chi connectivity index (χ1v) is 5.40. The summed E-state index contributed by atoms with van der Waals surface area (Å²) in [5.41, 5.74) is 4.88. The van der Waals surface area contributed by atoms with E-state index in [1.165, 1.54) is 16.8 Å². The summed E-state index contributed by atoms with van der Waals surface area (Å²) >= 11 is 0. The van der Waals surface area contributed by atoms with Gasteiger partial charge in [0.25, 0.3) is 0 Å². The highest BCUT2D eigenvalue weighted by Crippen LogP contribution is 2.27. The van der Waals surface area contributed by atoms with Gasteiger partial charge in [0.05, 0.1) is 11.9 Å². The summed E-state index contributed by atoms with van der Waals surface area (Å²) in [7, 11) is 2.08. The molecule has 0 fully saturated rings. The van der Waals surface area contributed by atoms with Crippen LogP contribution in [0.4, 0.5) is 11.4 Å². The van der Waals surface area contributed by atoms with Crippen LogP contribution in [-0.4, -0.2) is 12.0 Å². The van der Waals surface area contributed by atoms with E-state index in [1.807, 2.05) is 18.5 Å². The van der Waals surface area contributed by atoms with E-state index in [9.17, 15) is 0 Å². The Balaban J connectivity index is 2.44. The van der Waals surface area contributed by atoms with Crippen molar-refractivity contribution >= 4 is 11.4 Å². The minimum absolute atomic E-state index is 1.15. The lowest BCUT2D eigenvalue weighted by molar-refractivity contribution is 1.13. The summed E-state index contributed by atoms with van der Waals surface area (Å²) in [5, 5.41) is 0. The molecule has 0 unspecified atom stereocenters. The molecule has 1 aromatic carbocycles. The van der Waals surface area contributed by atoms with Crippen LogP contribution in [0.15, 0.2) is 42.7 Å². The van der Waals surface area contributed by atoms with Gasteiger partial charge in [0.1, 0.15) is 0 Å². The summed E-state index contributed by atoms with van der Waals surface area (Å²) in [6.07, 6.45) is 3.73. The lowest BCUT2D eigenvalue weighted by Crippen LogP contribution is -2.12. The van der Waals surface area contributed by atoms with E-state index in [2.05, 4.69) is 55.0 Å². The first-order chi connectivity index (χ1) is 7.70. The van der Waals surface area contributed by atoms with Gasteiger partial charge < -0.3 is 4.90 Å². The van der Waals surface area contributed by atoms with Gasteiger partial charge in [-0.2, -0.15) is 0 Å². The van der Waals surface area contributed by atoms with Crippen molar-refractivity contribution in [2.75, 3.05) is 11.9 Å². The van der Waals surface area contributed by atoms with E-state index in [1.54, 1.807) is 0 Å². The molecule has 16 heavy (non-hydrogen) atoms. The molecule has 0 aliphatic carbocycles. The van der Waals surface area contributed by atoms with Crippen molar-refractivity contribution in [3.8, 4) is 0 Å². The van der Waals surface area contributed by atoms with Crippen molar-refractivity contribution < 1.29 is 0 Å². The molecule has 0 saturated heterocycles. The number of hydrogen-bond acceptors (Lipinski definition) is 2. The van der Waals surface area contributed by atoms with Gasteiger partial charge in [-0.1, -0.05) is 18.2 Å². The van der Waals surface area contributed by atoms with E-state index in [0.717, 1.165) is 5.69 Å². The smallest absolute Gasteiger partial charge is 0.0624 e. The fourth-order valence-electron chi connectivity index (χ4n) is 1.88. The van der Waals surface area contributed by atoms with Gasteiger partial charge in [0.15, 0.2) is 0 Å². The standard InChI is InChI=1S/C14H16N2/c1-11-6-4-5-7-13(11)16(3)14-10-15-9-8-12(14)2/h4-10H,1-3H3. The Hall–Kier alpha value is -1.83. The fraction of sp³-hybridized carbons (Fsp3) is 0.214. The van der Waals surface area contributed by atoms with Gasteiger partial charge >= 0.3 is 0 Å². The van der Waals surface area contributed by atoms with Crippen molar-refractivity contribution in [1.82, 2.24) is 4.98 Å². The average Bonchev–Trinajstić information content (AvgIpc) is 2.29. The Kier molecular flexibility index (Phi) is 2.91. The van der Waals surface area contributed by atoms with E-state index in [0.29, 0.717) is 0 Å². The lowest BCUT2D eigenvalue weighted by atomic mass is 10.1. The highest BCUT2D eigenvalue weighted by Gasteiger charge is 2.08. The van der Waals surface area contributed by atoms with E-state index >= 15 is 0 Å². The van der Waals surface area contributed by atoms with Crippen molar-refractivity contribution in [3.63, 3.8) is 0 Å². The second kappa shape index (κ2) is 4.35. The lowest BCUT2D eigenvalue weighted by Gasteiger charge is -2.22. The molecule has 2 rings (SSSR count). The number of rotatable bonds is 2. The molecule has 0 saturated carbocycles. The molecule has 0 radical (unpaired) electrons. The van der Waals surface area contributed by atoms with Gasteiger partial charge in [0, 0.05) is 18.9 Å². The largest absolute Gasteiger partial charge is 0.343 e. The first-order valence-electron chi connectivity index (χ1n) is 5.40. The zero-order valence-corrected chi connectivity index (χ0v) is 9.94. The summed E-state index contributed by atoms with van der Waals surface area (Å²) in [6, 6.07) is 10.4. The summed E-state index contributed by atoms with van der Waals surface area (Å²) in [5.74, 6) is 0. The Labute approximate surface area is 96.6 Å². The molecule has 0 bridgehead atoms. The number of aryl methyl sites for hydroxylation is 2. The number of anilines is 2. The number of hydrogen-bond donors (Lipinski definition) is 0. The molecule has 2 heteroatoms. The Bertz CT molecular complexity index is 446. The third-order valence-corrected chi connectivity index (χ3v) is 2.85. The third-order valence-electron chi connectivity index (χ3n) is 2.85. The van der Waals surface area contributed by atoms with Crippen LogP contribution < -0.4 is 4.90 Å². The van der Waals surface area contributed by atoms with Gasteiger partial charge in [0.2, 0.25) is 0 Å². The molecular weight excluding hydrogens is 196 g/mol. The SMILES string of the molecule is Cc1ccccc1N(C)c1cnccc1C. The molecule has 1 aromatic heterocycles. The predicted molar refractivity (Wildman–Crippen MR) is 68.2 cm³/mol. The van der Waals surface area contributed by atoms with Crippen LogP contribution in [0.1, 0.15) is 11.1 Å². The Morgan fingerprint density at radius 2 is 1.62 bits per heavy atom. The normalized spacial score (nSPS) is 10.2. The van der Waals surface area contributed by atoms with E-state index in [-0.39, 0.29) is 0 Å². The number of benzene rings is 1. The number of pyridine rings is 1. The van der Waals surface area contributed by atoms with E-state index in [4.69, 9.17) is 0 Å². The molecule has 82 valence electrons. The van der Waals surface area contributed by atoms with Crippen LogP contribution in [0.25, 0.3) is 0 Å².